The number of carbonyl (C=O) groups is 5. The average molecular weight is 459 g/mol. The molecule has 0 rings (SSSR count). The van der Waals surface area contributed by atoms with E-state index in [4.69, 9.17) is 15.9 Å². The molecule has 32 heavy (non-hydrogen) atoms. The fraction of sp³-hybridized carbons (Fsp3) is 0.762. The lowest BCUT2D eigenvalue weighted by Gasteiger charge is -2.27. The minimum atomic E-state index is -1.64. The van der Waals surface area contributed by atoms with Crippen molar-refractivity contribution in [1.82, 2.24) is 16.0 Å². The van der Waals surface area contributed by atoms with Crippen molar-refractivity contribution in [3.05, 3.63) is 0 Å². The Morgan fingerprint density at radius 2 is 1.22 bits per heavy atom. The predicted molar refractivity (Wildman–Crippen MR) is 117 cm³/mol. The minimum absolute atomic E-state index is 0.0413. The first-order valence-corrected chi connectivity index (χ1v) is 10.8. The van der Waals surface area contributed by atoms with Crippen LogP contribution in [-0.4, -0.2) is 64.0 Å². The summed E-state index contributed by atoms with van der Waals surface area (Å²) in [5.41, 5.74) is 5.89. The van der Waals surface area contributed by atoms with Gasteiger partial charge in [-0.1, -0.05) is 41.5 Å². The van der Waals surface area contributed by atoms with Crippen molar-refractivity contribution in [3.63, 3.8) is 0 Å². The third-order valence-corrected chi connectivity index (χ3v) is 4.64. The molecule has 7 N–H and O–H groups in total. The van der Waals surface area contributed by atoms with E-state index in [9.17, 15) is 24.0 Å². The lowest BCUT2D eigenvalue weighted by atomic mass is 9.98. The molecule has 0 aliphatic heterocycles. The monoisotopic (exact) mass is 458 g/mol. The quantitative estimate of drug-likeness (QED) is 0.211. The van der Waals surface area contributed by atoms with Gasteiger partial charge in [0.15, 0.2) is 0 Å². The van der Waals surface area contributed by atoms with E-state index >= 15 is 0 Å². The van der Waals surface area contributed by atoms with Gasteiger partial charge in [0.25, 0.3) is 0 Å². The van der Waals surface area contributed by atoms with Gasteiger partial charge >= 0.3 is 11.9 Å². The number of carboxylic acid groups (broad SMARTS) is 2. The number of carbonyl (C=O) groups excluding carboxylic acids is 3. The van der Waals surface area contributed by atoms with Gasteiger partial charge < -0.3 is 31.9 Å². The van der Waals surface area contributed by atoms with Gasteiger partial charge in [0.05, 0.1) is 12.5 Å². The molecule has 0 heterocycles. The second kappa shape index (κ2) is 13.7. The van der Waals surface area contributed by atoms with Crippen LogP contribution < -0.4 is 21.7 Å². The van der Waals surface area contributed by atoms with Gasteiger partial charge in [0.1, 0.15) is 18.1 Å². The van der Waals surface area contributed by atoms with Crippen LogP contribution in [0.15, 0.2) is 0 Å². The number of aliphatic carboxylic acids is 2. The molecule has 0 aromatic carbocycles. The SMILES string of the molecule is CC(C)CC(N)C(=O)NC(C(=O)NC(CC(C)C)C(=O)NC(CC(=O)O)C(=O)O)C(C)C. The van der Waals surface area contributed by atoms with Gasteiger partial charge in [-0.15, -0.1) is 0 Å². The zero-order valence-electron chi connectivity index (χ0n) is 19.7. The Morgan fingerprint density at radius 3 is 1.62 bits per heavy atom. The van der Waals surface area contributed by atoms with Crippen LogP contribution in [0, 0.1) is 17.8 Å². The van der Waals surface area contributed by atoms with Crippen molar-refractivity contribution in [2.24, 2.45) is 23.5 Å². The van der Waals surface area contributed by atoms with Gasteiger partial charge in [-0.3, -0.25) is 19.2 Å². The smallest absolute Gasteiger partial charge is 0.326 e. The van der Waals surface area contributed by atoms with E-state index in [1.807, 2.05) is 27.7 Å². The number of hydrogen-bond acceptors (Lipinski definition) is 6. The third-order valence-electron chi connectivity index (χ3n) is 4.64. The molecular weight excluding hydrogens is 420 g/mol. The van der Waals surface area contributed by atoms with Crippen molar-refractivity contribution < 1.29 is 34.2 Å². The van der Waals surface area contributed by atoms with Crippen LogP contribution in [0.25, 0.3) is 0 Å². The molecule has 0 aromatic rings. The van der Waals surface area contributed by atoms with E-state index in [0.29, 0.717) is 6.42 Å². The Bertz CT molecular complexity index is 679. The highest BCUT2D eigenvalue weighted by Gasteiger charge is 2.32. The van der Waals surface area contributed by atoms with E-state index < -0.39 is 60.2 Å². The van der Waals surface area contributed by atoms with Crippen LogP contribution in [0.5, 0.6) is 0 Å². The van der Waals surface area contributed by atoms with E-state index in [-0.39, 0.29) is 24.2 Å². The van der Waals surface area contributed by atoms with Gasteiger partial charge in [0.2, 0.25) is 17.7 Å². The van der Waals surface area contributed by atoms with E-state index in [0.717, 1.165) is 0 Å². The summed E-state index contributed by atoms with van der Waals surface area (Å²) in [5.74, 6) is -4.96. The van der Waals surface area contributed by atoms with Crippen molar-refractivity contribution >= 4 is 29.7 Å². The number of carboxylic acids is 2. The first-order chi connectivity index (χ1) is 14.6. The number of hydrogen-bond donors (Lipinski definition) is 6. The van der Waals surface area contributed by atoms with Crippen LogP contribution in [0.4, 0.5) is 0 Å². The summed E-state index contributed by atoms with van der Waals surface area (Å²) >= 11 is 0. The molecule has 0 bridgehead atoms. The number of amides is 3. The summed E-state index contributed by atoms with van der Waals surface area (Å²) in [4.78, 5) is 60.1. The fourth-order valence-corrected chi connectivity index (χ4v) is 3.02. The molecule has 0 aromatic heterocycles. The first kappa shape index (κ1) is 29.3. The van der Waals surface area contributed by atoms with Gasteiger partial charge in [-0.2, -0.15) is 0 Å². The fourth-order valence-electron chi connectivity index (χ4n) is 3.02. The topological polar surface area (TPSA) is 188 Å². The highest BCUT2D eigenvalue weighted by atomic mass is 16.4. The second-order valence-corrected chi connectivity index (χ2v) is 9.15. The van der Waals surface area contributed by atoms with Crippen molar-refractivity contribution in [3.8, 4) is 0 Å². The van der Waals surface area contributed by atoms with Crippen LogP contribution >= 0.6 is 0 Å². The van der Waals surface area contributed by atoms with Crippen molar-refractivity contribution in [1.29, 1.82) is 0 Å². The zero-order valence-corrected chi connectivity index (χ0v) is 19.7. The maximum atomic E-state index is 12.9. The zero-order chi connectivity index (χ0) is 25.2. The maximum absolute atomic E-state index is 12.9. The van der Waals surface area contributed by atoms with Crippen LogP contribution in [-0.2, 0) is 24.0 Å². The molecular formula is C21H38N4O7. The molecule has 0 spiro atoms. The minimum Gasteiger partial charge on any atom is -0.481 e. The molecule has 0 aliphatic carbocycles. The summed E-state index contributed by atoms with van der Waals surface area (Å²) in [7, 11) is 0. The van der Waals surface area contributed by atoms with Crippen LogP contribution in [0.2, 0.25) is 0 Å². The molecule has 4 atom stereocenters. The molecule has 11 heteroatoms. The third kappa shape index (κ3) is 11.1. The highest BCUT2D eigenvalue weighted by molar-refractivity contribution is 5.94. The average Bonchev–Trinajstić information content (AvgIpc) is 2.62. The molecule has 4 unspecified atom stereocenters. The summed E-state index contributed by atoms with van der Waals surface area (Å²) in [6.07, 6.45) is -0.179. The Kier molecular flexibility index (Phi) is 12.5. The standard InChI is InChI=1S/C21H38N4O7/c1-10(2)7-13(22)18(28)25-17(12(5)6)20(30)23-14(8-11(3)4)19(29)24-15(21(31)32)9-16(26)27/h10-15,17H,7-9,22H2,1-6H3,(H,23,30)(H,24,29)(H,25,28)(H,26,27)(H,31,32). The summed E-state index contributed by atoms with van der Waals surface area (Å²) < 4.78 is 0. The summed E-state index contributed by atoms with van der Waals surface area (Å²) in [6.45, 7) is 10.9. The number of nitrogens with two attached hydrogens (primary N) is 1. The molecule has 0 saturated heterocycles. The van der Waals surface area contributed by atoms with Crippen LogP contribution in [0.1, 0.15) is 60.8 Å². The molecule has 11 nitrogen and oxygen atoms in total. The molecule has 0 saturated carbocycles. The van der Waals surface area contributed by atoms with E-state index in [1.54, 1.807) is 13.8 Å². The normalized spacial score (nSPS) is 15.1. The van der Waals surface area contributed by atoms with E-state index in [2.05, 4.69) is 16.0 Å². The Labute approximate surface area is 188 Å². The number of nitrogens with one attached hydrogen (secondary N) is 3. The van der Waals surface area contributed by atoms with Crippen molar-refractivity contribution in [2.45, 2.75) is 85.0 Å². The van der Waals surface area contributed by atoms with Gasteiger partial charge in [0, 0.05) is 0 Å². The lowest BCUT2D eigenvalue weighted by Crippen LogP contribution is -2.58. The molecule has 0 aliphatic rings. The van der Waals surface area contributed by atoms with Crippen LogP contribution in [0.3, 0.4) is 0 Å². The first-order valence-electron chi connectivity index (χ1n) is 10.8. The van der Waals surface area contributed by atoms with Crippen molar-refractivity contribution in [2.75, 3.05) is 0 Å². The van der Waals surface area contributed by atoms with E-state index in [1.165, 1.54) is 0 Å². The summed E-state index contributed by atoms with van der Waals surface area (Å²) in [5, 5.41) is 25.4. The Hall–Kier alpha value is -2.69. The Morgan fingerprint density at radius 1 is 0.719 bits per heavy atom. The predicted octanol–water partition coefficient (Wildman–Crippen LogP) is 0.0756. The molecule has 3 amide bonds. The largest absolute Gasteiger partial charge is 0.481 e. The highest BCUT2D eigenvalue weighted by Crippen LogP contribution is 2.10. The molecule has 0 fully saturated rings. The lowest BCUT2D eigenvalue weighted by molar-refractivity contribution is -0.147. The summed E-state index contributed by atoms with van der Waals surface area (Å²) in [6, 6.07) is -4.49. The maximum Gasteiger partial charge on any atom is 0.326 e. The van der Waals surface area contributed by atoms with Gasteiger partial charge in [-0.25, -0.2) is 4.79 Å². The molecule has 0 radical (unpaired) electrons. The van der Waals surface area contributed by atoms with Gasteiger partial charge in [-0.05, 0) is 30.6 Å². The second-order valence-electron chi connectivity index (χ2n) is 9.15. The number of rotatable bonds is 14. The molecule has 184 valence electrons. The Balaban J connectivity index is 5.44.